The second-order valence-corrected chi connectivity index (χ2v) is 6.87. The average molecular weight is 412 g/mol. The number of nitrogen functional groups attached to an aromatic ring is 2. The van der Waals surface area contributed by atoms with Gasteiger partial charge in [-0.25, -0.2) is 0 Å². The van der Waals surface area contributed by atoms with E-state index < -0.39 is 0 Å². The van der Waals surface area contributed by atoms with E-state index in [2.05, 4.69) is 5.32 Å². The highest BCUT2D eigenvalue weighted by molar-refractivity contribution is 6.02. The van der Waals surface area contributed by atoms with Crippen LogP contribution in [0.2, 0.25) is 0 Å². The van der Waals surface area contributed by atoms with Crippen LogP contribution in [-0.4, -0.2) is 39.2 Å². The lowest BCUT2D eigenvalue weighted by Gasteiger charge is -2.20. The van der Waals surface area contributed by atoms with Crippen molar-refractivity contribution in [3.05, 3.63) is 34.6 Å². The maximum atomic E-state index is 13.5. The second kappa shape index (κ2) is 7.68. The topological polar surface area (TPSA) is 123 Å². The molecule has 0 aliphatic carbocycles. The molecular formula is C21H24N4O5. The van der Waals surface area contributed by atoms with E-state index in [1.807, 2.05) is 7.05 Å². The van der Waals surface area contributed by atoms with Gasteiger partial charge in [0, 0.05) is 35.8 Å². The third kappa shape index (κ3) is 3.03. The molecule has 30 heavy (non-hydrogen) atoms. The molecular weight excluding hydrogens is 388 g/mol. The van der Waals surface area contributed by atoms with Crippen LogP contribution in [-0.2, 0) is 6.54 Å². The highest BCUT2D eigenvalue weighted by Gasteiger charge is 2.23. The number of benzene rings is 2. The van der Waals surface area contributed by atoms with Gasteiger partial charge < -0.3 is 40.3 Å². The molecule has 2 aromatic carbocycles. The molecule has 0 amide bonds. The highest BCUT2D eigenvalue weighted by Crippen LogP contribution is 2.43. The predicted octanol–water partition coefficient (Wildman–Crippen LogP) is 1.80. The minimum atomic E-state index is -0.206. The van der Waals surface area contributed by atoms with Gasteiger partial charge in [0.2, 0.25) is 6.79 Å². The first kappa shape index (κ1) is 19.7. The summed E-state index contributed by atoms with van der Waals surface area (Å²) in [7, 11) is 4.87. The van der Waals surface area contributed by atoms with Gasteiger partial charge in [0.1, 0.15) is 0 Å². The van der Waals surface area contributed by atoms with Crippen molar-refractivity contribution in [3.63, 3.8) is 0 Å². The molecule has 0 radical (unpaired) electrons. The molecule has 0 bridgehead atoms. The monoisotopic (exact) mass is 412 g/mol. The largest absolute Gasteiger partial charge is 0.493 e. The Morgan fingerprint density at radius 2 is 1.67 bits per heavy atom. The number of methoxy groups -OCH3 is 2. The van der Waals surface area contributed by atoms with Gasteiger partial charge in [0.15, 0.2) is 23.0 Å². The number of likely N-dealkylation sites (N-methyl/N-ethyl adjacent to an activating group) is 1. The number of aromatic nitrogens is 1. The zero-order chi connectivity index (χ0) is 21.4. The first-order valence-electron chi connectivity index (χ1n) is 9.42. The SMILES string of the molecule is CNCCn1c(-c2cc3c(cc2N)OCO3)c(N)c2cc(OC)c(OC)cc2c1=O. The first-order valence-corrected chi connectivity index (χ1v) is 9.42. The zero-order valence-electron chi connectivity index (χ0n) is 17.1. The maximum absolute atomic E-state index is 13.5. The van der Waals surface area contributed by atoms with E-state index in [0.717, 1.165) is 0 Å². The van der Waals surface area contributed by atoms with Gasteiger partial charge in [-0.3, -0.25) is 4.79 Å². The van der Waals surface area contributed by atoms with Gasteiger partial charge in [-0.05, 0) is 25.2 Å². The van der Waals surface area contributed by atoms with Crippen molar-refractivity contribution in [3.8, 4) is 34.3 Å². The number of anilines is 2. The van der Waals surface area contributed by atoms with Gasteiger partial charge in [-0.1, -0.05) is 0 Å². The summed E-state index contributed by atoms with van der Waals surface area (Å²) in [6.45, 7) is 1.08. The lowest BCUT2D eigenvalue weighted by molar-refractivity contribution is 0.174. The van der Waals surface area contributed by atoms with Gasteiger partial charge in [0.25, 0.3) is 5.56 Å². The van der Waals surface area contributed by atoms with Gasteiger partial charge in [0.05, 0.1) is 31.0 Å². The van der Waals surface area contributed by atoms with Crippen molar-refractivity contribution in [2.24, 2.45) is 0 Å². The Morgan fingerprint density at radius 3 is 2.30 bits per heavy atom. The molecule has 0 spiro atoms. The van der Waals surface area contributed by atoms with Crippen LogP contribution in [0.15, 0.2) is 29.1 Å². The molecule has 1 aliphatic heterocycles. The van der Waals surface area contributed by atoms with Crippen molar-refractivity contribution in [1.82, 2.24) is 9.88 Å². The number of nitrogens with two attached hydrogens (primary N) is 2. The first-order chi connectivity index (χ1) is 14.5. The Kier molecular flexibility index (Phi) is 5.04. The van der Waals surface area contributed by atoms with Crippen molar-refractivity contribution in [2.45, 2.75) is 6.54 Å². The summed E-state index contributed by atoms with van der Waals surface area (Å²) in [5, 5.41) is 4.06. The molecule has 158 valence electrons. The molecule has 0 unspecified atom stereocenters. The van der Waals surface area contributed by atoms with Crippen LogP contribution in [0.1, 0.15) is 0 Å². The van der Waals surface area contributed by atoms with Gasteiger partial charge in [-0.2, -0.15) is 0 Å². The van der Waals surface area contributed by atoms with E-state index in [4.69, 9.17) is 30.4 Å². The summed E-state index contributed by atoms with van der Waals surface area (Å²) in [4.78, 5) is 13.5. The Bertz CT molecular complexity index is 1190. The van der Waals surface area contributed by atoms with Gasteiger partial charge >= 0.3 is 0 Å². The Hall–Kier alpha value is -3.59. The number of hydrogen-bond acceptors (Lipinski definition) is 8. The maximum Gasteiger partial charge on any atom is 0.259 e. The van der Waals surface area contributed by atoms with Crippen LogP contribution in [0, 0.1) is 0 Å². The van der Waals surface area contributed by atoms with Crippen molar-refractivity contribution in [2.75, 3.05) is 46.1 Å². The number of fused-ring (bicyclic) bond motifs is 2. The molecule has 3 aromatic rings. The fraction of sp³-hybridized carbons (Fsp3) is 0.286. The summed E-state index contributed by atoms with van der Waals surface area (Å²) < 4.78 is 23.3. The molecule has 4 rings (SSSR count). The molecule has 2 heterocycles. The summed E-state index contributed by atoms with van der Waals surface area (Å²) >= 11 is 0. The minimum Gasteiger partial charge on any atom is -0.493 e. The van der Waals surface area contributed by atoms with E-state index in [-0.39, 0.29) is 12.4 Å². The number of nitrogens with zero attached hydrogens (tertiary/aromatic N) is 1. The van der Waals surface area contributed by atoms with E-state index in [0.29, 0.717) is 69.5 Å². The number of nitrogens with one attached hydrogen (secondary N) is 1. The van der Waals surface area contributed by atoms with Crippen LogP contribution in [0.3, 0.4) is 0 Å². The summed E-state index contributed by atoms with van der Waals surface area (Å²) in [5.41, 5.74) is 14.7. The third-order valence-electron chi connectivity index (χ3n) is 5.20. The van der Waals surface area contributed by atoms with E-state index >= 15 is 0 Å². The molecule has 1 aromatic heterocycles. The molecule has 0 fully saturated rings. The lowest BCUT2D eigenvalue weighted by atomic mass is 10.0. The molecule has 0 saturated heterocycles. The fourth-order valence-corrected chi connectivity index (χ4v) is 3.69. The number of pyridine rings is 1. The Morgan fingerprint density at radius 1 is 1.03 bits per heavy atom. The van der Waals surface area contributed by atoms with Crippen molar-refractivity contribution in [1.29, 1.82) is 0 Å². The van der Waals surface area contributed by atoms with E-state index in [9.17, 15) is 4.79 Å². The normalized spacial score (nSPS) is 12.4. The third-order valence-corrected chi connectivity index (χ3v) is 5.20. The summed E-state index contributed by atoms with van der Waals surface area (Å²) in [6, 6.07) is 6.80. The molecule has 9 heteroatoms. The lowest BCUT2D eigenvalue weighted by Crippen LogP contribution is -2.28. The summed E-state index contributed by atoms with van der Waals surface area (Å²) in [5.74, 6) is 2.05. The smallest absolute Gasteiger partial charge is 0.259 e. The minimum absolute atomic E-state index is 0.120. The Balaban J connectivity index is 2.07. The van der Waals surface area contributed by atoms with Crippen LogP contribution in [0.5, 0.6) is 23.0 Å². The molecule has 1 aliphatic rings. The quantitative estimate of drug-likeness (QED) is 0.524. The van der Waals surface area contributed by atoms with Crippen LogP contribution < -0.4 is 41.3 Å². The summed E-state index contributed by atoms with van der Waals surface area (Å²) in [6.07, 6.45) is 0. The highest BCUT2D eigenvalue weighted by atomic mass is 16.7. The standard InChI is InChI=1S/C21H24N4O5/c1-24-4-5-25-20(13-8-17-18(9-14(13)22)30-10-29-17)19(23)11-6-15(27-2)16(28-3)7-12(11)21(25)26/h6-9,24H,4-5,10,22-23H2,1-3H3. The number of ether oxygens (including phenoxy) is 4. The second-order valence-electron chi connectivity index (χ2n) is 6.87. The van der Waals surface area contributed by atoms with Crippen molar-refractivity contribution < 1.29 is 18.9 Å². The zero-order valence-corrected chi connectivity index (χ0v) is 17.1. The molecule has 0 atom stereocenters. The number of hydrogen-bond donors (Lipinski definition) is 3. The van der Waals surface area contributed by atoms with Crippen LogP contribution >= 0.6 is 0 Å². The number of rotatable bonds is 6. The molecule has 9 nitrogen and oxygen atoms in total. The average Bonchev–Trinajstić information content (AvgIpc) is 3.21. The van der Waals surface area contributed by atoms with E-state index in [1.54, 1.807) is 28.8 Å². The fourth-order valence-electron chi connectivity index (χ4n) is 3.69. The van der Waals surface area contributed by atoms with Crippen molar-refractivity contribution >= 4 is 22.1 Å². The van der Waals surface area contributed by atoms with Gasteiger partial charge in [-0.15, -0.1) is 0 Å². The van der Waals surface area contributed by atoms with Crippen LogP contribution in [0.25, 0.3) is 22.0 Å². The predicted molar refractivity (Wildman–Crippen MR) is 116 cm³/mol. The Labute approximate surface area is 173 Å². The van der Waals surface area contributed by atoms with Crippen LogP contribution in [0.4, 0.5) is 11.4 Å². The molecule has 5 N–H and O–H groups in total. The molecule has 0 saturated carbocycles. The van der Waals surface area contributed by atoms with E-state index in [1.165, 1.54) is 14.2 Å².